The summed E-state index contributed by atoms with van der Waals surface area (Å²) in [6.45, 7) is 4.98. The van der Waals surface area contributed by atoms with E-state index in [1.807, 2.05) is 0 Å². The van der Waals surface area contributed by atoms with Crippen LogP contribution in [-0.2, 0) is 14.3 Å². The maximum absolute atomic E-state index is 12.6. The van der Waals surface area contributed by atoms with Crippen molar-refractivity contribution < 1.29 is 24.5 Å². The molecule has 0 saturated heterocycles. The molecule has 6 nitrogen and oxygen atoms in total. The van der Waals surface area contributed by atoms with E-state index < -0.39 is 12.1 Å². The van der Waals surface area contributed by atoms with Crippen LogP contribution in [-0.4, -0.2) is 47.4 Å². The van der Waals surface area contributed by atoms with Gasteiger partial charge in [-0.05, 0) is 89.9 Å². The van der Waals surface area contributed by atoms with Crippen molar-refractivity contribution in [3.05, 3.63) is 48.6 Å². The molecule has 0 saturated carbocycles. The van der Waals surface area contributed by atoms with Crippen LogP contribution in [0.2, 0.25) is 0 Å². The van der Waals surface area contributed by atoms with E-state index in [-0.39, 0.29) is 18.5 Å². The lowest BCUT2D eigenvalue weighted by Gasteiger charge is -2.22. The summed E-state index contributed by atoms with van der Waals surface area (Å²) < 4.78 is 5.52. The first kappa shape index (κ1) is 94.8. The van der Waals surface area contributed by atoms with Gasteiger partial charge in [-0.1, -0.05) is 441 Å². The number of rotatable bonds is 84. The SMILES string of the molecule is CCCCC/C=C\C/C=C\CCCCCCCCCCCC(=O)OCCCCCCCCCCCCCCCCC/C=C\C/C=C\CCCCCCCCCCCCCCCCCCCC(=O)NC(CO)C(O)CCCCCCCCCCCCCCCCCCCCCCCC. The molecule has 2 atom stereocenters. The molecule has 3 N–H and O–H groups in total. The summed E-state index contributed by atoms with van der Waals surface area (Å²) >= 11 is 0. The fraction of sp³-hybridized carbons (Fsp3) is 0.890. The van der Waals surface area contributed by atoms with E-state index in [1.165, 1.54) is 405 Å². The van der Waals surface area contributed by atoms with E-state index in [1.54, 1.807) is 0 Å². The van der Waals surface area contributed by atoms with Crippen LogP contribution in [0.4, 0.5) is 0 Å². The van der Waals surface area contributed by atoms with E-state index >= 15 is 0 Å². The van der Waals surface area contributed by atoms with Crippen LogP contribution in [0.1, 0.15) is 495 Å². The van der Waals surface area contributed by atoms with Crippen LogP contribution in [0.5, 0.6) is 0 Å². The quantitative estimate of drug-likeness (QED) is 0.0320. The lowest BCUT2D eigenvalue weighted by molar-refractivity contribution is -0.143. The smallest absolute Gasteiger partial charge is 0.305 e. The Hall–Kier alpha value is -2.18. The Labute approximate surface area is 607 Å². The summed E-state index contributed by atoms with van der Waals surface area (Å²) in [7, 11) is 0. The van der Waals surface area contributed by atoms with Crippen molar-refractivity contribution in [3.8, 4) is 0 Å². The summed E-state index contributed by atoms with van der Waals surface area (Å²) in [4.78, 5) is 24.7. The lowest BCUT2D eigenvalue weighted by atomic mass is 10.0. The first-order valence-electron chi connectivity index (χ1n) is 44.4. The summed E-state index contributed by atoms with van der Waals surface area (Å²) in [6, 6.07) is -0.541. The molecule has 0 rings (SSSR count). The number of nitrogens with one attached hydrogen (secondary N) is 1. The Bertz CT molecular complexity index is 1620. The Kier molecular flexibility index (Phi) is 84.3. The molecule has 572 valence electrons. The highest BCUT2D eigenvalue weighted by molar-refractivity contribution is 5.76. The average Bonchev–Trinajstić information content (AvgIpc) is 2.51. The fourth-order valence-corrected chi connectivity index (χ4v) is 14.1. The highest BCUT2D eigenvalue weighted by Gasteiger charge is 2.20. The molecule has 0 fully saturated rings. The molecule has 2 unspecified atom stereocenters. The van der Waals surface area contributed by atoms with E-state index in [0.717, 1.165) is 57.8 Å². The van der Waals surface area contributed by atoms with Crippen molar-refractivity contribution in [2.24, 2.45) is 0 Å². The van der Waals surface area contributed by atoms with Gasteiger partial charge in [-0.25, -0.2) is 0 Å². The molecule has 1 amide bonds. The Morgan fingerprint density at radius 2 is 0.515 bits per heavy atom. The highest BCUT2D eigenvalue weighted by Crippen LogP contribution is 2.21. The summed E-state index contributed by atoms with van der Waals surface area (Å²) in [5, 5.41) is 23.5. The number of allylic oxidation sites excluding steroid dienone is 8. The number of hydrogen-bond donors (Lipinski definition) is 3. The molecule has 0 aliphatic rings. The molecule has 0 bridgehead atoms. The maximum Gasteiger partial charge on any atom is 0.305 e. The zero-order valence-corrected chi connectivity index (χ0v) is 65.8. The summed E-state index contributed by atoms with van der Waals surface area (Å²) in [6.07, 6.45) is 115. The van der Waals surface area contributed by atoms with Crippen molar-refractivity contribution >= 4 is 11.9 Å². The van der Waals surface area contributed by atoms with Crippen molar-refractivity contribution in [3.63, 3.8) is 0 Å². The van der Waals surface area contributed by atoms with Gasteiger partial charge in [-0.2, -0.15) is 0 Å². The third kappa shape index (κ3) is 82.7. The van der Waals surface area contributed by atoms with Gasteiger partial charge in [-0.3, -0.25) is 9.59 Å². The van der Waals surface area contributed by atoms with Crippen LogP contribution in [0, 0.1) is 0 Å². The van der Waals surface area contributed by atoms with Gasteiger partial charge < -0.3 is 20.3 Å². The van der Waals surface area contributed by atoms with Crippen molar-refractivity contribution in [2.75, 3.05) is 13.2 Å². The summed E-state index contributed by atoms with van der Waals surface area (Å²) in [5.41, 5.74) is 0. The Morgan fingerprint density at radius 1 is 0.289 bits per heavy atom. The molecule has 6 heteroatoms. The van der Waals surface area contributed by atoms with E-state index in [0.29, 0.717) is 25.9 Å². The minimum Gasteiger partial charge on any atom is -0.466 e. The van der Waals surface area contributed by atoms with Crippen LogP contribution >= 0.6 is 0 Å². The van der Waals surface area contributed by atoms with Gasteiger partial charge in [0.2, 0.25) is 5.91 Å². The van der Waals surface area contributed by atoms with Gasteiger partial charge in [0.15, 0.2) is 0 Å². The number of esters is 1. The molecular formula is C91H173NO5. The Balaban J connectivity index is 3.35. The number of hydrogen-bond acceptors (Lipinski definition) is 5. The van der Waals surface area contributed by atoms with Crippen LogP contribution in [0.25, 0.3) is 0 Å². The Morgan fingerprint density at radius 3 is 0.804 bits per heavy atom. The second-order valence-electron chi connectivity index (χ2n) is 30.6. The van der Waals surface area contributed by atoms with Gasteiger partial charge in [0, 0.05) is 12.8 Å². The van der Waals surface area contributed by atoms with E-state index in [2.05, 4.69) is 67.8 Å². The third-order valence-electron chi connectivity index (χ3n) is 20.9. The molecule has 0 heterocycles. The number of ether oxygens (including phenoxy) is 1. The van der Waals surface area contributed by atoms with Crippen molar-refractivity contribution in [1.29, 1.82) is 0 Å². The van der Waals surface area contributed by atoms with E-state index in [9.17, 15) is 19.8 Å². The van der Waals surface area contributed by atoms with Gasteiger partial charge in [0.1, 0.15) is 0 Å². The third-order valence-corrected chi connectivity index (χ3v) is 20.9. The molecule has 97 heavy (non-hydrogen) atoms. The monoisotopic (exact) mass is 1360 g/mol. The molecule has 0 aromatic carbocycles. The average molecular weight is 1360 g/mol. The second kappa shape index (κ2) is 86.2. The molecule has 0 aliphatic heterocycles. The summed E-state index contributed by atoms with van der Waals surface area (Å²) in [5.74, 6) is -0.00908. The van der Waals surface area contributed by atoms with Gasteiger partial charge >= 0.3 is 5.97 Å². The zero-order chi connectivity index (χ0) is 69.8. The normalized spacial score (nSPS) is 12.7. The zero-order valence-electron chi connectivity index (χ0n) is 65.8. The molecule has 0 radical (unpaired) electrons. The van der Waals surface area contributed by atoms with Gasteiger partial charge in [-0.15, -0.1) is 0 Å². The standard InChI is InChI=1S/C91H173NO5/c1-3-5-7-9-11-13-15-17-19-21-23-24-44-48-51-55-59-63-67-71-75-79-83-89(94)88(87-93)92-90(95)84-80-76-72-68-64-60-56-52-49-45-42-40-38-36-34-32-30-28-26-25-27-29-31-33-35-37-39-41-43-46-50-54-58-62-66-70-74-78-82-86-97-91(96)85-81-77-73-69-65-61-57-53-47-22-20-18-16-14-12-10-8-6-4-2/h12,14,18,20,25-26,29,31,88-89,93-94H,3-11,13,15-17,19,21-24,27-28,30,32-87H2,1-2H3,(H,92,95)/b14-12-,20-18-,26-25-,31-29-. The van der Waals surface area contributed by atoms with Crippen molar-refractivity contribution in [1.82, 2.24) is 5.32 Å². The number of unbranched alkanes of at least 4 members (excludes halogenated alkanes) is 65. The predicted octanol–water partition coefficient (Wildman–Crippen LogP) is 29.9. The predicted molar refractivity (Wildman–Crippen MR) is 430 cm³/mol. The second-order valence-corrected chi connectivity index (χ2v) is 30.6. The topological polar surface area (TPSA) is 95.9 Å². The molecule has 0 spiro atoms. The van der Waals surface area contributed by atoms with E-state index in [4.69, 9.17) is 4.74 Å². The minimum absolute atomic E-state index is 0.0173. The number of carbonyl (C=O) groups is 2. The molecule has 0 aliphatic carbocycles. The van der Waals surface area contributed by atoms with Crippen LogP contribution in [0.15, 0.2) is 48.6 Å². The van der Waals surface area contributed by atoms with Gasteiger partial charge in [0.05, 0.1) is 25.4 Å². The number of carbonyl (C=O) groups excluding carboxylic acids is 2. The number of amides is 1. The largest absolute Gasteiger partial charge is 0.466 e. The highest BCUT2D eigenvalue weighted by atomic mass is 16.5. The maximum atomic E-state index is 12.6. The molecule has 0 aromatic heterocycles. The number of aliphatic hydroxyl groups is 2. The fourth-order valence-electron chi connectivity index (χ4n) is 14.1. The van der Waals surface area contributed by atoms with Crippen LogP contribution < -0.4 is 5.32 Å². The lowest BCUT2D eigenvalue weighted by Crippen LogP contribution is -2.45. The minimum atomic E-state index is -0.664. The first-order valence-corrected chi connectivity index (χ1v) is 44.4. The van der Waals surface area contributed by atoms with Crippen molar-refractivity contribution in [2.45, 2.75) is 508 Å². The first-order chi connectivity index (χ1) is 48.0. The van der Waals surface area contributed by atoms with Gasteiger partial charge in [0.25, 0.3) is 0 Å². The number of aliphatic hydroxyl groups excluding tert-OH is 2. The molecular weight excluding hydrogens is 1190 g/mol. The molecule has 0 aromatic rings. The van der Waals surface area contributed by atoms with Crippen LogP contribution in [0.3, 0.4) is 0 Å².